The standard InChI is InChI=1S/C24H51NO7/c1-7-8-23(2,3)31-11-9-24(4,5)32-22-21-30-20-19-29-18-17-28-16-15-27-14-13-26-12-10-25-6/h25H,7-22H2,1-6H3. The van der Waals surface area contributed by atoms with Crippen LogP contribution < -0.4 is 5.32 Å². The Balaban J connectivity index is 3.34. The molecular weight excluding hydrogens is 414 g/mol. The van der Waals surface area contributed by atoms with Crippen LogP contribution in [0.15, 0.2) is 0 Å². The van der Waals surface area contributed by atoms with Crippen molar-refractivity contribution in [3.63, 3.8) is 0 Å². The second-order valence-electron chi connectivity index (χ2n) is 8.88. The zero-order valence-electron chi connectivity index (χ0n) is 21.7. The van der Waals surface area contributed by atoms with Crippen molar-refractivity contribution in [3.05, 3.63) is 0 Å². The Morgan fingerprint density at radius 1 is 0.500 bits per heavy atom. The lowest BCUT2D eigenvalue weighted by molar-refractivity contribution is -0.0871. The molecule has 0 radical (unpaired) electrons. The van der Waals surface area contributed by atoms with Crippen LogP contribution in [0.4, 0.5) is 0 Å². The normalized spacial score (nSPS) is 12.6. The Hall–Kier alpha value is -0.320. The highest BCUT2D eigenvalue weighted by Crippen LogP contribution is 2.20. The molecule has 0 fully saturated rings. The molecule has 0 amide bonds. The minimum Gasteiger partial charge on any atom is -0.378 e. The summed E-state index contributed by atoms with van der Waals surface area (Å²) < 4.78 is 39.2. The lowest BCUT2D eigenvalue weighted by Crippen LogP contribution is -2.31. The van der Waals surface area contributed by atoms with Crippen molar-refractivity contribution in [1.29, 1.82) is 0 Å². The summed E-state index contributed by atoms with van der Waals surface area (Å²) in [7, 11) is 1.90. The van der Waals surface area contributed by atoms with E-state index in [4.69, 9.17) is 33.2 Å². The summed E-state index contributed by atoms with van der Waals surface area (Å²) >= 11 is 0. The van der Waals surface area contributed by atoms with Crippen molar-refractivity contribution < 1.29 is 33.2 Å². The molecule has 0 saturated heterocycles. The van der Waals surface area contributed by atoms with Crippen molar-refractivity contribution in [2.75, 3.05) is 92.9 Å². The van der Waals surface area contributed by atoms with Gasteiger partial charge in [0.15, 0.2) is 0 Å². The summed E-state index contributed by atoms with van der Waals surface area (Å²) in [5.74, 6) is 0. The second-order valence-corrected chi connectivity index (χ2v) is 8.88. The fraction of sp³-hybridized carbons (Fsp3) is 1.00. The Labute approximate surface area is 196 Å². The summed E-state index contributed by atoms with van der Waals surface area (Å²) in [5, 5.41) is 3.02. The van der Waals surface area contributed by atoms with E-state index in [9.17, 15) is 0 Å². The van der Waals surface area contributed by atoms with Crippen LogP contribution in [0, 0.1) is 0 Å². The van der Waals surface area contributed by atoms with Gasteiger partial charge in [0.25, 0.3) is 0 Å². The highest BCUT2D eigenvalue weighted by Gasteiger charge is 2.22. The summed E-state index contributed by atoms with van der Waals surface area (Å²) in [4.78, 5) is 0. The van der Waals surface area contributed by atoms with E-state index in [0.717, 1.165) is 25.8 Å². The van der Waals surface area contributed by atoms with Crippen LogP contribution in [-0.4, -0.2) is 104 Å². The van der Waals surface area contributed by atoms with Crippen molar-refractivity contribution in [2.45, 2.75) is 65.1 Å². The number of hydrogen-bond donors (Lipinski definition) is 1. The summed E-state index contributed by atoms with van der Waals surface area (Å²) in [6.07, 6.45) is 3.06. The number of ether oxygens (including phenoxy) is 7. The summed E-state index contributed by atoms with van der Waals surface area (Å²) in [6.45, 7) is 18.6. The molecule has 1 N–H and O–H groups in total. The third-order valence-electron chi connectivity index (χ3n) is 4.75. The predicted molar refractivity (Wildman–Crippen MR) is 128 cm³/mol. The first-order chi connectivity index (χ1) is 15.3. The van der Waals surface area contributed by atoms with Crippen LogP contribution >= 0.6 is 0 Å². The van der Waals surface area contributed by atoms with Gasteiger partial charge in [0.2, 0.25) is 0 Å². The summed E-state index contributed by atoms with van der Waals surface area (Å²) in [5.41, 5.74) is -0.281. The third kappa shape index (κ3) is 22.9. The molecule has 0 bridgehead atoms. The SMILES string of the molecule is CCCC(C)(C)OCCC(C)(C)OCCOCCOCCOCCOCCOCCNC. The molecule has 0 aromatic heterocycles. The van der Waals surface area contributed by atoms with Gasteiger partial charge >= 0.3 is 0 Å². The average Bonchev–Trinajstić information content (AvgIpc) is 2.72. The minimum absolute atomic E-state index is 0.0615. The molecule has 0 saturated carbocycles. The molecular formula is C24H51NO7. The molecule has 0 spiro atoms. The van der Waals surface area contributed by atoms with Crippen LogP contribution in [0.5, 0.6) is 0 Å². The van der Waals surface area contributed by atoms with Crippen molar-refractivity contribution in [2.24, 2.45) is 0 Å². The molecule has 0 rings (SSSR count). The highest BCUT2D eigenvalue weighted by molar-refractivity contribution is 4.71. The first kappa shape index (κ1) is 31.7. The van der Waals surface area contributed by atoms with Gasteiger partial charge < -0.3 is 38.5 Å². The quantitative estimate of drug-likeness (QED) is 0.206. The maximum atomic E-state index is 5.99. The minimum atomic E-state index is -0.219. The Morgan fingerprint density at radius 3 is 1.31 bits per heavy atom. The van der Waals surface area contributed by atoms with Crippen molar-refractivity contribution in [3.8, 4) is 0 Å². The lowest BCUT2D eigenvalue weighted by Gasteiger charge is -2.29. The first-order valence-corrected chi connectivity index (χ1v) is 12.1. The van der Waals surface area contributed by atoms with Gasteiger partial charge in [0.1, 0.15) is 0 Å². The Kier molecular flexibility index (Phi) is 21.0. The van der Waals surface area contributed by atoms with Crippen LogP contribution in [0.3, 0.4) is 0 Å². The molecule has 8 heteroatoms. The Morgan fingerprint density at radius 2 is 0.875 bits per heavy atom. The van der Waals surface area contributed by atoms with Gasteiger partial charge in [-0.25, -0.2) is 0 Å². The van der Waals surface area contributed by atoms with E-state index in [0.29, 0.717) is 79.3 Å². The van der Waals surface area contributed by atoms with E-state index in [-0.39, 0.29) is 11.2 Å². The molecule has 194 valence electrons. The van der Waals surface area contributed by atoms with Gasteiger partial charge in [0.05, 0.1) is 90.5 Å². The van der Waals surface area contributed by atoms with E-state index in [1.807, 2.05) is 7.05 Å². The average molecular weight is 466 g/mol. The van der Waals surface area contributed by atoms with Gasteiger partial charge in [-0.05, 0) is 47.6 Å². The van der Waals surface area contributed by atoms with Crippen LogP contribution in [0.25, 0.3) is 0 Å². The van der Waals surface area contributed by atoms with Gasteiger partial charge in [0, 0.05) is 6.54 Å². The maximum Gasteiger partial charge on any atom is 0.0707 e. The van der Waals surface area contributed by atoms with Gasteiger partial charge in [-0.2, -0.15) is 0 Å². The highest BCUT2D eigenvalue weighted by atomic mass is 16.6. The number of nitrogens with one attached hydrogen (secondary N) is 1. The van der Waals surface area contributed by atoms with E-state index < -0.39 is 0 Å². The van der Waals surface area contributed by atoms with Crippen LogP contribution in [0.1, 0.15) is 53.9 Å². The third-order valence-corrected chi connectivity index (χ3v) is 4.75. The van der Waals surface area contributed by atoms with Gasteiger partial charge in [-0.15, -0.1) is 0 Å². The van der Waals surface area contributed by atoms with Gasteiger partial charge in [-0.1, -0.05) is 13.3 Å². The molecule has 0 aromatic carbocycles. The molecule has 0 aromatic rings. The molecule has 32 heavy (non-hydrogen) atoms. The molecule has 0 unspecified atom stereocenters. The number of hydrogen-bond acceptors (Lipinski definition) is 8. The van der Waals surface area contributed by atoms with Gasteiger partial charge in [-0.3, -0.25) is 0 Å². The fourth-order valence-electron chi connectivity index (χ4n) is 2.85. The topological polar surface area (TPSA) is 76.6 Å². The molecule has 0 heterocycles. The predicted octanol–water partition coefficient (Wildman–Crippen LogP) is 3.07. The van der Waals surface area contributed by atoms with E-state index in [1.165, 1.54) is 0 Å². The second kappa shape index (κ2) is 21.2. The molecule has 0 aliphatic carbocycles. The molecule has 0 atom stereocenters. The lowest BCUT2D eigenvalue weighted by atomic mass is 10.0. The molecule has 0 aliphatic rings. The monoisotopic (exact) mass is 465 g/mol. The molecule has 8 nitrogen and oxygen atoms in total. The fourth-order valence-corrected chi connectivity index (χ4v) is 2.85. The van der Waals surface area contributed by atoms with E-state index in [1.54, 1.807) is 0 Å². The van der Waals surface area contributed by atoms with E-state index >= 15 is 0 Å². The Bertz CT molecular complexity index is 395. The zero-order chi connectivity index (χ0) is 24.0. The number of rotatable bonds is 25. The maximum absolute atomic E-state index is 5.99. The van der Waals surface area contributed by atoms with Crippen LogP contribution in [0.2, 0.25) is 0 Å². The van der Waals surface area contributed by atoms with E-state index in [2.05, 4.69) is 39.9 Å². The smallest absolute Gasteiger partial charge is 0.0707 e. The molecule has 0 aliphatic heterocycles. The van der Waals surface area contributed by atoms with Crippen LogP contribution in [-0.2, 0) is 33.2 Å². The summed E-state index contributed by atoms with van der Waals surface area (Å²) in [6, 6.07) is 0. The zero-order valence-corrected chi connectivity index (χ0v) is 21.7. The van der Waals surface area contributed by atoms with Crippen molar-refractivity contribution >= 4 is 0 Å². The first-order valence-electron chi connectivity index (χ1n) is 12.1. The largest absolute Gasteiger partial charge is 0.378 e. The number of likely N-dealkylation sites (N-methyl/N-ethyl adjacent to an activating group) is 1. The van der Waals surface area contributed by atoms with Crippen molar-refractivity contribution in [1.82, 2.24) is 5.32 Å².